The normalized spacial score (nSPS) is 28.5. The van der Waals surface area contributed by atoms with Crippen molar-refractivity contribution in [3.63, 3.8) is 0 Å². The molecule has 1 aromatic rings. The number of hydrogen-bond donors (Lipinski definition) is 2. The maximum Gasteiger partial charge on any atom is 0.222 e. The van der Waals surface area contributed by atoms with Crippen molar-refractivity contribution < 1.29 is 14.6 Å². The molecule has 3 atom stereocenters. The molecular formula is C13H22N6O3. The maximum atomic E-state index is 12.0. The van der Waals surface area contributed by atoms with Crippen molar-refractivity contribution in [3.05, 3.63) is 6.33 Å². The first kappa shape index (κ1) is 15.3. The number of nitrogens with one attached hydrogen (secondary N) is 1. The van der Waals surface area contributed by atoms with Gasteiger partial charge in [0.15, 0.2) is 0 Å². The van der Waals surface area contributed by atoms with E-state index < -0.39 is 0 Å². The van der Waals surface area contributed by atoms with Crippen molar-refractivity contribution in [1.82, 2.24) is 30.4 Å². The van der Waals surface area contributed by atoms with Crippen molar-refractivity contribution in [3.8, 4) is 0 Å². The van der Waals surface area contributed by atoms with Crippen LogP contribution in [0.3, 0.4) is 0 Å². The van der Waals surface area contributed by atoms with E-state index >= 15 is 0 Å². The molecule has 2 fully saturated rings. The Morgan fingerprint density at radius 1 is 1.45 bits per heavy atom. The molecule has 0 aromatic carbocycles. The number of rotatable bonds is 6. The van der Waals surface area contributed by atoms with Gasteiger partial charge in [-0.15, -0.1) is 5.10 Å². The average molecular weight is 310 g/mol. The Morgan fingerprint density at radius 2 is 2.36 bits per heavy atom. The molecule has 0 aliphatic carbocycles. The summed E-state index contributed by atoms with van der Waals surface area (Å²) in [5.74, 6) is 0.0215. The van der Waals surface area contributed by atoms with Crippen LogP contribution in [0.2, 0.25) is 0 Å². The summed E-state index contributed by atoms with van der Waals surface area (Å²) in [5, 5.41) is 22.9. The number of hydrogen-bond acceptors (Lipinski definition) is 7. The molecule has 2 aliphatic rings. The topological polar surface area (TPSA) is 105 Å². The Balaban J connectivity index is 1.41. The van der Waals surface area contributed by atoms with Gasteiger partial charge in [-0.3, -0.25) is 9.69 Å². The Morgan fingerprint density at radius 3 is 3.14 bits per heavy atom. The lowest BCUT2D eigenvalue weighted by Gasteiger charge is -2.34. The van der Waals surface area contributed by atoms with Crippen LogP contribution in [0, 0.1) is 0 Å². The number of amides is 1. The molecule has 9 nitrogen and oxygen atoms in total. The van der Waals surface area contributed by atoms with Crippen LogP contribution in [0.5, 0.6) is 0 Å². The number of tetrazole rings is 1. The quantitative estimate of drug-likeness (QED) is 0.652. The lowest BCUT2D eigenvalue weighted by molar-refractivity contribution is -0.122. The highest BCUT2D eigenvalue weighted by Crippen LogP contribution is 2.24. The molecule has 2 N–H and O–H groups in total. The zero-order valence-electron chi connectivity index (χ0n) is 12.5. The summed E-state index contributed by atoms with van der Waals surface area (Å²) in [4.78, 5) is 14.3. The largest absolute Gasteiger partial charge is 0.396 e. The van der Waals surface area contributed by atoms with Crippen LogP contribution in [-0.2, 0) is 16.1 Å². The Hall–Kier alpha value is -1.58. The van der Waals surface area contributed by atoms with Gasteiger partial charge in [0.2, 0.25) is 5.91 Å². The van der Waals surface area contributed by atoms with Crippen LogP contribution < -0.4 is 5.32 Å². The predicted molar refractivity (Wildman–Crippen MR) is 75.8 cm³/mol. The summed E-state index contributed by atoms with van der Waals surface area (Å²) in [7, 11) is 0. The molecule has 122 valence electrons. The lowest BCUT2D eigenvalue weighted by atomic mass is 10.1. The second-order valence-corrected chi connectivity index (χ2v) is 5.90. The van der Waals surface area contributed by atoms with Crippen LogP contribution in [0.1, 0.15) is 19.3 Å². The first-order valence-electron chi connectivity index (χ1n) is 7.71. The summed E-state index contributed by atoms with van der Waals surface area (Å²) in [6.07, 6.45) is 3.57. The molecule has 0 unspecified atom stereocenters. The Kier molecular flexibility index (Phi) is 4.96. The van der Waals surface area contributed by atoms with E-state index in [1.807, 2.05) is 0 Å². The van der Waals surface area contributed by atoms with Gasteiger partial charge >= 0.3 is 0 Å². The molecule has 0 saturated carbocycles. The third-order valence-corrected chi connectivity index (χ3v) is 4.27. The highest BCUT2D eigenvalue weighted by molar-refractivity contribution is 5.76. The minimum absolute atomic E-state index is 0.0215. The zero-order chi connectivity index (χ0) is 15.4. The van der Waals surface area contributed by atoms with Crippen LogP contribution >= 0.6 is 0 Å². The van der Waals surface area contributed by atoms with Crippen LogP contribution in [0.25, 0.3) is 0 Å². The van der Waals surface area contributed by atoms with Crippen molar-refractivity contribution in [2.24, 2.45) is 0 Å². The summed E-state index contributed by atoms with van der Waals surface area (Å²) in [6, 6.07) is 0.544. The number of fused-ring (bicyclic) bond motifs is 1. The van der Waals surface area contributed by atoms with E-state index in [0.29, 0.717) is 32.0 Å². The van der Waals surface area contributed by atoms with Gasteiger partial charge in [-0.05, 0) is 23.3 Å². The van der Waals surface area contributed by atoms with Crippen LogP contribution in [-0.4, -0.2) is 80.6 Å². The number of aliphatic hydroxyl groups excluding tert-OH is 1. The van der Waals surface area contributed by atoms with Gasteiger partial charge in [0, 0.05) is 38.2 Å². The van der Waals surface area contributed by atoms with E-state index in [-0.39, 0.29) is 24.7 Å². The molecule has 0 spiro atoms. The molecule has 3 heterocycles. The van der Waals surface area contributed by atoms with Crippen LogP contribution in [0.4, 0.5) is 0 Å². The van der Waals surface area contributed by atoms with E-state index in [9.17, 15) is 4.79 Å². The Bertz CT molecular complexity index is 482. The van der Waals surface area contributed by atoms with Crippen molar-refractivity contribution in [2.75, 3.05) is 26.3 Å². The first-order chi connectivity index (χ1) is 10.7. The number of carbonyl (C=O) groups is 1. The van der Waals surface area contributed by atoms with E-state index in [2.05, 4.69) is 25.7 Å². The van der Waals surface area contributed by atoms with Gasteiger partial charge < -0.3 is 15.2 Å². The first-order valence-corrected chi connectivity index (χ1v) is 7.71. The molecule has 0 radical (unpaired) electrons. The minimum Gasteiger partial charge on any atom is -0.396 e. The summed E-state index contributed by atoms with van der Waals surface area (Å²) in [6.45, 7) is 3.01. The second kappa shape index (κ2) is 7.12. The monoisotopic (exact) mass is 310 g/mol. The lowest BCUT2D eigenvalue weighted by Crippen LogP contribution is -2.46. The molecule has 9 heteroatoms. The average Bonchev–Trinajstić information content (AvgIpc) is 3.13. The molecular weight excluding hydrogens is 288 g/mol. The summed E-state index contributed by atoms with van der Waals surface area (Å²) in [5.41, 5.74) is 0. The molecule has 1 amide bonds. The number of ether oxygens (including phenoxy) is 1. The number of carbonyl (C=O) groups excluding carboxylic acids is 1. The summed E-state index contributed by atoms with van der Waals surface area (Å²) >= 11 is 0. The van der Waals surface area contributed by atoms with Gasteiger partial charge in [-0.2, -0.15) is 0 Å². The fraction of sp³-hybridized carbons (Fsp3) is 0.846. The van der Waals surface area contributed by atoms with Gasteiger partial charge in [0.05, 0.1) is 19.3 Å². The third kappa shape index (κ3) is 3.79. The number of morpholine rings is 1. The molecule has 2 saturated heterocycles. The van der Waals surface area contributed by atoms with Crippen molar-refractivity contribution >= 4 is 5.91 Å². The van der Waals surface area contributed by atoms with Crippen molar-refractivity contribution in [2.45, 2.75) is 44.0 Å². The van der Waals surface area contributed by atoms with Crippen molar-refractivity contribution in [1.29, 1.82) is 0 Å². The smallest absolute Gasteiger partial charge is 0.222 e. The Labute approximate surface area is 128 Å². The van der Waals surface area contributed by atoms with E-state index in [0.717, 1.165) is 19.5 Å². The van der Waals surface area contributed by atoms with E-state index in [1.165, 1.54) is 6.33 Å². The van der Waals surface area contributed by atoms with Crippen LogP contribution in [0.15, 0.2) is 6.33 Å². The standard InChI is InChI=1S/C13H22N6O3/c20-4-2-12-7-18-6-10(5-11(18)8-22-12)15-13(21)1-3-19-9-14-16-17-19/h9-12,20H,1-8H2,(H,15,21)/t10-,11-,12-/m0/s1. The predicted octanol–water partition coefficient (Wildman–Crippen LogP) is -1.60. The molecule has 22 heavy (non-hydrogen) atoms. The van der Waals surface area contributed by atoms with E-state index in [4.69, 9.17) is 9.84 Å². The SMILES string of the molecule is O=C(CCn1cnnn1)N[C@H]1C[C@H]2CO[C@@H](CCO)CN2C1. The second-order valence-electron chi connectivity index (χ2n) is 5.90. The van der Waals surface area contributed by atoms with Gasteiger partial charge in [-0.25, -0.2) is 4.68 Å². The minimum atomic E-state index is 0.0215. The number of aliphatic hydroxyl groups is 1. The summed E-state index contributed by atoms with van der Waals surface area (Å²) < 4.78 is 7.29. The van der Waals surface area contributed by atoms with Gasteiger partial charge in [0.25, 0.3) is 0 Å². The van der Waals surface area contributed by atoms with Gasteiger partial charge in [0.1, 0.15) is 6.33 Å². The number of aryl methyl sites for hydroxylation is 1. The van der Waals surface area contributed by atoms with Gasteiger partial charge in [-0.1, -0.05) is 0 Å². The number of aromatic nitrogens is 4. The molecule has 0 bridgehead atoms. The molecule has 2 aliphatic heterocycles. The highest BCUT2D eigenvalue weighted by Gasteiger charge is 2.37. The zero-order valence-corrected chi connectivity index (χ0v) is 12.5. The highest BCUT2D eigenvalue weighted by atomic mass is 16.5. The maximum absolute atomic E-state index is 12.0. The fourth-order valence-corrected chi connectivity index (χ4v) is 3.16. The molecule has 1 aromatic heterocycles. The third-order valence-electron chi connectivity index (χ3n) is 4.27. The number of nitrogens with zero attached hydrogens (tertiary/aromatic N) is 5. The fourth-order valence-electron chi connectivity index (χ4n) is 3.16. The molecule has 3 rings (SSSR count). The van der Waals surface area contributed by atoms with E-state index in [1.54, 1.807) is 4.68 Å².